The monoisotopic (exact) mass is 531 g/mol. The molecule has 0 aromatic heterocycles. The third-order valence-electron chi connectivity index (χ3n) is 5.00. The van der Waals surface area contributed by atoms with E-state index in [0.717, 1.165) is 5.56 Å². The van der Waals surface area contributed by atoms with Gasteiger partial charge in [0.15, 0.2) is 15.8 Å². The molecule has 0 unspecified atom stereocenters. The fourth-order valence-corrected chi connectivity index (χ4v) is 4.99. The standard InChI is InChI=1S/C25H19Cl2NO4S2/c1-30-20-11-10-18(13-19(20)27)28-24(29)22(34-25(28)33)12-16-4-3-5-21(31-2)23(16)32-14-15-6-8-17(26)9-7-15/h3-13H,14H2,1-2H3/b22-12+. The Morgan fingerprint density at radius 1 is 1.00 bits per heavy atom. The molecular formula is C25H19Cl2NO4S2. The second kappa shape index (κ2) is 10.7. The van der Waals surface area contributed by atoms with E-state index in [9.17, 15) is 4.79 Å². The Balaban J connectivity index is 1.63. The summed E-state index contributed by atoms with van der Waals surface area (Å²) in [4.78, 5) is 15.2. The van der Waals surface area contributed by atoms with Crippen molar-refractivity contribution in [2.24, 2.45) is 0 Å². The first kappa shape index (κ1) is 24.4. The van der Waals surface area contributed by atoms with E-state index >= 15 is 0 Å². The van der Waals surface area contributed by atoms with E-state index in [2.05, 4.69) is 0 Å². The first-order valence-corrected chi connectivity index (χ1v) is 12.0. The van der Waals surface area contributed by atoms with Crippen LogP contribution in [-0.2, 0) is 11.4 Å². The van der Waals surface area contributed by atoms with E-state index in [0.29, 0.717) is 54.4 Å². The van der Waals surface area contributed by atoms with E-state index in [4.69, 9.17) is 49.6 Å². The normalized spacial score (nSPS) is 14.6. The predicted octanol–water partition coefficient (Wildman–Crippen LogP) is 7.00. The molecule has 0 atom stereocenters. The van der Waals surface area contributed by atoms with Gasteiger partial charge < -0.3 is 14.2 Å². The highest BCUT2D eigenvalue weighted by atomic mass is 35.5. The quantitative estimate of drug-likeness (QED) is 0.241. The zero-order valence-corrected chi connectivity index (χ0v) is 21.4. The van der Waals surface area contributed by atoms with E-state index in [1.165, 1.54) is 23.8 Å². The summed E-state index contributed by atoms with van der Waals surface area (Å²) in [5.74, 6) is 1.35. The van der Waals surface area contributed by atoms with Crippen molar-refractivity contribution in [3.8, 4) is 17.2 Å². The van der Waals surface area contributed by atoms with E-state index in [1.54, 1.807) is 49.6 Å². The Bertz CT molecular complexity index is 1280. The molecule has 1 aliphatic rings. The van der Waals surface area contributed by atoms with E-state index < -0.39 is 0 Å². The van der Waals surface area contributed by atoms with Gasteiger partial charge in [-0.05, 0) is 48.0 Å². The lowest BCUT2D eigenvalue weighted by molar-refractivity contribution is -0.113. The number of carbonyl (C=O) groups excluding carboxylic acids is 1. The predicted molar refractivity (Wildman–Crippen MR) is 142 cm³/mol. The maximum Gasteiger partial charge on any atom is 0.270 e. The molecule has 0 saturated carbocycles. The van der Waals surface area contributed by atoms with Crippen LogP contribution in [0, 0.1) is 0 Å². The minimum Gasteiger partial charge on any atom is -0.495 e. The number of thiocarbonyl (C=S) groups is 1. The van der Waals surface area contributed by atoms with Crippen LogP contribution in [0.25, 0.3) is 6.08 Å². The summed E-state index contributed by atoms with van der Waals surface area (Å²) >= 11 is 18.9. The summed E-state index contributed by atoms with van der Waals surface area (Å²) in [7, 11) is 3.10. The number of amides is 1. The first-order valence-electron chi connectivity index (χ1n) is 10.1. The Labute approximate surface area is 217 Å². The molecule has 1 saturated heterocycles. The van der Waals surface area contributed by atoms with Crippen molar-refractivity contribution in [2.45, 2.75) is 6.61 Å². The average Bonchev–Trinajstić information content (AvgIpc) is 3.11. The summed E-state index contributed by atoms with van der Waals surface area (Å²) in [6.07, 6.45) is 1.75. The molecule has 0 spiro atoms. The average molecular weight is 532 g/mol. The van der Waals surface area contributed by atoms with Gasteiger partial charge in [-0.1, -0.05) is 71.4 Å². The van der Waals surface area contributed by atoms with Gasteiger partial charge in [0, 0.05) is 10.6 Å². The van der Waals surface area contributed by atoms with Gasteiger partial charge in [-0.3, -0.25) is 9.69 Å². The number of carbonyl (C=O) groups is 1. The van der Waals surface area contributed by atoms with Crippen LogP contribution >= 0.6 is 47.2 Å². The van der Waals surface area contributed by atoms with Crippen molar-refractivity contribution in [3.05, 3.63) is 86.7 Å². The third kappa shape index (κ3) is 5.18. The van der Waals surface area contributed by atoms with Gasteiger partial charge in [0.1, 0.15) is 12.4 Å². The van der Waals surface area contributed by atoms with Gasteiger partial charge in [-0.15, -0.1) is 0 Å². The highest BCUT2D eigenvalue weighted by Crippen LogP contribution is 2.40. The van der Waals surface area contributed by atoms with Crippen LogP contribution in [0.3, 0.4) is 0 Å². The first-order chi connectivity index (χ1) is 16.4. The van der Waals surface area contributed by atoms with Crippen molar-refractivity contribution in [2.75, 3.05) is 19.1 Å². The van der Waals surface area contributed by atoms with E-state index in [-0.39, 0.29) is 5.91 Å². The molecule has 3 aromatic carbocycles. The number of hydrogen-bond acceptors (Lipinski definition) is 6. The van der Waals surface area contributed by atoms with Crippen LogP contribution in [0.2, 0.25) is 10.0 Å². The van der Waals surface area contributed by atoms with Crippen LogP contribution in [0.4, 0.5) is 5.69 Å². The van der Waals surface area contributed by atoms with Gasteiger partial charge in [0.2, 0.25) is 0 Å². The highest BCUT2D eigenvalue weighted by molar-refractivity contribution is 8.27. The van der Waals surface area contributed by atoms with Gasteiger partial charge >= 0.3 is 0 Å². The molecular weight excluding hydrogens is 513 g/mol. The van der Waals surface area contributed by atoms with Crippen LogP contribution in [0.1, 0.15) is 11.1 Å². The maximum atomic E-state index is 13.3. The Morgan fingerprint density at radius 3 is 2.41 bits per heavy atom. The molecule has 0 bridgehead atoms. The number of halogens is 2. The summed E-state index contributed by atoms with van der Waals surface area (Å²) < 4.78 is 17.2. The van der Waals surface area contributed by atoms with Gasteiger partial charge in [-0.2, -0.15) is 0 Å². The lowest BCUT2D eigenvalue weighted by Gasteiger charge is -2.16. The molecule has 1 amide bonds. The van der Waals surface area contributed by atoms with Crippen LogP contribution in [-0.4, -0.2) is 24.4 Å². The molecule has 4 rings (SSSR count). The lowest BCUT2D eigenvalue weighted by atomic mass is 10.1. The van der Waals surface area contributed by atoms with Crippen molar-refractivity contribution in [1.29, 1.82) is 0 Å². The van der Waals surface area contributed by atoms with E-state index in [1.807, 2.05) is 24.3 Å². The highest BCUT2D eigenvalue weighted by Gasteiger charge is 2.34. The molecule has 0 aliphatic carbocycles. The fraction of sp³-hybridized carbons (Fsp3) is 0.120. The number of hydrogen-bond donors (Lipinski definition) is 0. The van der Waals surface area contributed by atoms with Crippen molar-refractivity contribution < 1.29 is 19.0 Å². The maximum absolute atomic E-state index is 13.3. The molecule has 0 N–H and O–H groups in total. The zero-order chi connectivity index (χ0) is 24.2. The minimum absolute atomic E-state index is 0.247. The third-order valence-corrected chi connectivity index (χ3v) is 6.85. The summed E-state index contributed by atoms with van der Waals surface area (Å²) in [6.45, 7) is 0.309. The van der Waals surface area contributed by atoms with Crippen LogP contribution in [0.15, 0.2) is 65.6 Å². The number of para-hydroxylation sites is 1. The Hall–Kier alpha value is -2.71. The summed E-state index contributed by atoms with van der Waals surface area (Å²) in [5, 5.41) is 1.05. The zero-order valence-electron chi connectivity index (χ0n) is 18.2. The molecule has 3 aromatic rings. The minimum atomic E-state index is -0.247. The molecule has 174 valence electrons. The lowest BCUT2D eigenvalue weighted by Crippen LogP contribution is -2.27. The number of thioether (sulfide) groups is 1. The second-order valence-electron chi connectivity index (χ2n) is 7.13. The van der Waals surface area contributed by atoms with Gasteiger partial charge in [-0.25, -0.2) is 0 Å². The Kier molecular flexibility index (Phi) is 7.68. The molecule has 9 heteroatoms. The topological polar surface area (TPSA) is 48.0 Å². The number of nitrogens with zero attached hydrogens (tertiary/aromatic N) is 1. The molecule has 1 heterocycles. The van der Waals surface area contributed by atoms with Crippen molar-refractivity contribution in [3.63, 3.8) is 0 Å². The molecule has 34 heavy (non-hydrogen) atoms. The van der Waals surface area contributed by atoms with Gasteiger partial charge in [0.25, 0.3) is 5.91 Å². The molecule has 5 nitrogen and oxygen atoms in total. The Morgan fingerprint density at radius 2 is 1.74 bits per heavy atom. The second-order valence-corrected chi connectivity index (χ2v) is 9.65. The van der Waals surface area contributed by atoms with Gasteiger partial charge in [0.05, 0.1) is 29.8 Å². The summed E-state index contributed by atoms with van der Waals surface area (Å²) in [6, 6.07) is 18.0. The molecule has 1 fully saturated rings. The van der Waals surface area contributed by atoms with Crippen molar-refractivity contribution >= 4 is 69.2 Å². The number of rotatable bonds is 7. The molecule has 1 aliphatic heterocycles. The molecule has 0 radical (unpaired) electrons. The van der Waals surface area contributed by atoms with Crippen molar-refractivity contribution in [1.82, 2.24) is 0 Å². The number of benzene rings is 3. The number of ether oxygens (including phenoxy) is 3. The van der Waals surface area contributed by atoms with Crippen LogP contribution in [0.5, 0.6) is 17.2 Å². The number of anilines is 1. The summed E-state index contributed by atoms with van der Waals surface area (Å²) in [5.41, 5.74) is 2.21. The van der Waals surface area contributed by atoms with Crippen LogP contribution < -0.4 is 19.1 Å². The number of methoxy groups -OCH3 is 2. The fourth-order valence-electron chi connectivity index (χ4n) is 3.32. The largest absolute Gasteiger partial charge is 0.495 e. The SMILES string of the molecule is COc1ccc(N2C(=O)/C(=C\c3cccc(OC)c3OCc3ccc(Cl)cc3)SC2=S)cc1Cl. The smallest absolute Gasteiger partial charge is 0.270 e.